The van der Waals surface area contributed by atoms with Crippen LogP contribution in [0.3, 0.4) is 0 Å². The Labute approximate surface area is 149 Å². The second-order valence-electron chi connectivity index (χ2n) is 5.86. The monoisotopic (exact) mass is 365 g/mol. The van der Waals surface area contributed by atoms with E-state index in [0.29, 0.717) is 41.8 Å². The van der Waals surface area contributed by atoms with Crippen molar-refractivity contribution in [3.8, 4) is 5.75 Å². The minimum absolute atomic E-state index is 0.0804. The predicted molar refractivity (Wildman–Crippen MR) is 92.2 cm³/mol. The molecule has 3 rings (SSSR count). The molecule has 1 atom stereocenters. The fraction of sp³-hybridized carbons (Fsp3) is 0.412. The highest BCUT2D eigenvalue weighted by Gasteiger charge is 2.17. The number of benzene rings is 1. The molecule has 1 aliphatic heterocycles. The van der Waals surface area contributed by atoms with E-state index in [1.807, 2.05) is 0 Å². The zero-order valence-corrected chi connectivity index (χ0v) is 14.0. The Kier molecular flexibility index (Phi) is 5.90. The molecule has 0 saturated carbocycles. The molecule has 1 aliphatic rings. The van der Waals surface area contributed by atoms with E-state index >= 15 is 0 Å². The van der Waals surface area contributed by atoms with Gasteiger partial charge in [0.15, 0.2) is 5.58 Å². The first-order valence-corrected chi connectivity index (χ1v) is 8.28. The van der Waals surface area contributed by atoms with Crippen molar-refractivity contribution in [2.24, 2.45) is 0 Å². The first-order valence-electron chi connectivity index (χ1n) is 8.28. The molecule has 26 heavy (non-hydrogen) atoms. The first kappa shape index (κ1) is 18.0. The van der Waals surface area contributed by atoms with Crippen LogP contribution in [0.25, 0.3) is 11.1 Å². The van der Waals surface area contributed by atoms with Gasteiger partial charge in [0.25, 0.3) is 6.01 Å². The third-order valence-corrected chi connectivity index (χ3v) is 3.94. The van der Waals surface area contributed by atoms with Gasteiger partial charge in [0.2, 0.25) is 0 Å². The molecular formula is C17H20FN3O5. The molecule has 8 nitrogen and oxygen atoms in total. The summed E-state index contributed by atoms with van der Waals surface area (Å²) >= 11 is 0. The lowest BCUT2D eigenvalue weighted by Gasteiger charge is -2.26. The number of nitrogens with one attached hydrogen (secondary N) is 2. The zero-order valence-electron chi connectivity index (χ0n) is 14.0. The molecule has 0 spiro atoms. The zero-order chi connectivity index (χ0) is 18.4. The van der Waals surface area contributed by atoms with E-state index in [0.717, 1.165) is 19.4 Å². The highest BCUT2D eigenvalue weighted by molar-refractivity contribution is 5.76. The van der Waals surface area contributed by atoms with Crippen LogP contribution in [0.4, 0.5) is 15.2 Å². The van der Waals surface area contributed by atoms with Crippen molar-refractivity contribution < 1.29 is 28.2 Å². The minimum atomic E-state index is -1.23. The average molecular weight is 365 g/mol. The Morgan fingerprint density at radius 2 is 2.35 bits per heavy atom. The van der Waals surface area contributed by atoms with Crippen LogP contribution in [-0.4, -0.2) is 48.6 Å². The van der Waals surface area contributed by atoms with Crippen molar-refractivity contribution in [1.29, 1.82) is 0 Å². The van der Waals surface area contributed by atoms with E-state index in [-0.39, 0.29) is 18.7 Å². The van der Waals surface area contributed by atoms with Crippen LogP contribution in [0.15, 0.2) is 34.5 Å². The number of nitrogens with zero attached hydrogens (tertiary/aromatic N) is 1. The third kappa shape index (κ3) is 4.85. The van der Waals surface area contributed by atoms with Crippen molar-refractivity contribution in [3.63, 3.8) is 0 Å². The molecule has 140 valence electrons. The van der Waals surface area contributed by atoms with E-state index in [1.165, 1.54) is 0 Å². The largest absolute Gasteiger partial charge is 0.489 e. The molecule has 2 heterocycles. The fourth-order valence-electron chi connectivity index (χ4n) is 2.41. The summed E-state index contributed by atoms with van der Waals surface area (Å²) in [6, 6.07) is 5.51. The predicted octanol–water partition coefficient (Wildman–Crippen LogP) is 2.92. The van der Waals surface area contributed by atoms with Crippen LogP contribution in [0.1, 0.15) is 12.8 Å². The van der Waals surface area contributed by atoms with Gasteiger partial charge in [-0.1, -0.05) is 0 Å². The lowest BCUT2D eigenvalue weighted by molar-refractivity contribution is -0.0523. The number of halogens is 1. The summed E-state index contributed by atoms with van der Waals surface area (Å²) in [6.07, 6.45) is 1.41. The Balaban J connectivity index is 1.53. The van der Waals surface area contributed by atoms with E-state index in [4.69, 9.17) is 19.0 Å². The Hall–Kier alpha value is -2.81. The van der Waals surface area contributed by atoms with Gasteiger partial charge in [-0.2, -0.15) is 4.98 Å². The van der Waals surface area contributed by atoms with Crippen molar-refractivity contribution >= 4 is 23.2 Å². The van der Waals surface area contributed by atoms with Gasteiger partial charge in [-0.3, -0.25) is 0 Å². The summed E-state index contributed by atoms with van der Waals surface area (Å²) in [4.78, 5) is 14.8. The number of anilines is 1. The van der Waals surface area contributed by atoms with Gasteiger partial charge >= 0.3 is 6.09 Å². The number of ether oxygens (including phenoxy) is 2. The average Bonchev–Trinajstić information content (AvgIpc) is 2.99. The van der Waals surface area contributed by atoms with E-state index < -0.39 is 6.09 Å². The van der Waals surface area contributed by atoms with Crippen LogP contribution < -0.4 is 15.4 Å². The van der Waals surface area contributed by atoms with Crippen LogP contribution in [0.5, 0.6) is 5.75 Å². The first-order chi connectivity index (χ1) is 12.6. The molecule has 1 aromatic carbocycles. The molecule has 0 radical (unpaired) electrons. The number of carbonyl (C=O) groups is 1. The van der Waals surface area contributed by atoms with Crippen LogP contribution >= 0.6 is 0 Å². The quantitative estimate of drug-likeness (QED) is 0.627. The number of fused-ring (bicyclic) bond motifs is 1. The third-order valence-electron chi connectivity index (χ3n) is 3.94. The summed E-state index contributed by atoms with van der Waals surface area (Å²) in [5, 5.41) is 13.7. The Morgan fingerprint density at radius 3 is 3.04 bits per heavy atom. The maximum absolute atomic E-state index is 12.8. The number of carboxylic acid groups (broad SMARTS) is 1. The molecule has 1 saturated heterocycles. The number of amides is 1. The van der Waals surface area contributed by atoms with E-state index in [1.54, 1.807) is 18.2 Å². The number of hydrogen-bond acceptors (Lipinski definition) is 6. The molecule has 3 N–H and O–H groups in total. The van der Waals surface area contributed by atoms with Gasteiger partial charge in [0.1, 0.15) is 17.9 Å². The minimum Gasteiger partial charge on any atom is -0.489 e. The SMILES string of the molecule is O=C(O)NCC(=CF)COc1ccc2nc(NCCC3CCO3)oc2c1. The highest BCUT2D eigenvalue weighted by Crippen LogP contribution is 2.24. The van der Waals surface area contributed by atoms with Crippen molar-refractivity contribution in [2.75, 3.05) is 31.6 Å². The van der Waals surface area contributed by atoms with Crippen LogP contribution in [0, 0.1) is 0 Å². The Morgan fingerprint density at radius 1 is 1.50 bits per heavy atom. The molecule has 1 aromatic heterocycles. The van der Waals surface area contributed by atoms with Crippen LogP contribution in [0.2, 0.25) is 0 Å². The van der Waals surface area contributed by atoms with Gasteiger partial charge in [-0.05, 0) is 25.0 Å². The number of hydrogen-bond donors (Lipinski definition) is 3. The number of oxazole rings is 1. The number of rotatable bonds is 9. The molecular weight excluding hydrogens is 345 g/mol. The van der Waals surface area contributed by atoms with E-state index in [9.17, 15) is 9.18 Å². The maximum atomic E-state index is 12.8. The van der Waals surface area contributed by atoms with E-state index in [2.05, 4.69) is 15.6 Å². The number of aromatic nitrogens is 1. The molecule has 0 bridgehead atoms. The molecule has 1 unspecified atom stereocenters. The molecule has 2 aromatic rings. The second kappa shape index (κ2) is 8.52. The summed E-state index contributed by atoms with van der Waals surface area (Å²) in [6.45, 7) is 1.32. The molecule has 9 heteroatoms. The summed E-state index contributed by atoms with van der Waals surface area (Å²) in [5.74, 6) is 0.470. The standard InChI is InChI=1S/C17H20FN3O5/c18-8-11(9-20-17(22)23)10-25-13-1-2-14-15(7-13)26-16(21-14)19-5-3-12-4-6-24-12/h1-2,7-8,12,20H,3-6,9-10H2,(H,19,21)(H,22,23). The van der Waals surface area contributed by atoms with Gasteiger partial charge < -0.3 is 29.6 Å². The maximum Gasteiger partial charge on any atom is 0.404 e. The van der Waals surface area contributed by atoms with Gasteiger partial charge in [-0.15, -0.1) is 0 Å². The normalized spacial score (nSPS) is 17.0. The topological polar surface area (TPSA) is 106 Å². The molecule has 1 amide bonds. The highest BCUT2D eigenvalue weighted by atomic mass is 19.1. The van der Waals surface area contributed by atoms with Crippen LogP contribution in [-0.2, 0) is 4.74 Å². The summed E-state index contributed by atoms with van der Waals surface area (Å²) < 4.78 is 29.2. The second-order valence-corrected chi connectivity index (χ2v) is 5.86. The van der Waals surface area contributed by atoms with Crippen molar-refractivity contribution in [3.05, 3.63) is 30.1 Å². The summed E-state index contributed by atoms with van der Waals surface area (Å²) in [7, 11) is 0. The van der Waals surface area contributed by atoms with Gasteiger partial charge in [0, 0.05) is 31.3 Å². The van der Waals surface area contributed by atoms with Gasteiger partial charge in [-0.25, -0.2) is 9.18 Å². The lowest BCUT2D eigenvalue weighted by atomic mass is 10.1. The molecule has 0 aliphatic carbocycles. The smallest absolute Gasteiger partial charge is 0.404 e. The van der Waals surface area contributed by atoms with Gasteiger partial charge in [0.05, 0.1) is 12.4 Å². The van der Waals surface area contributed by atoms with Crippen molar-refractivity contribution in [2.45, 2.75) is 18.9 Å². The summed E-state index contributed by atoms with van der Waals surface area (Å²) in [5.41, 5.74) is 1.39. The lowest BCUT2D eigenvalue weighted by Crippen LogP contribution is -2.28. The van der Waals surface area contributed by atoms with Crippen molar-refractivity contribution in [1.82, 2.24) is 10.3 Å². The molecule has 1 fully saturated rings. The Bertz CT molecular complexity index is 788. The fourth-order valence-corrected chi connectivity index (χ4v) is 2.41.